The van der Waals surface area contributed by atoms with E-state index in [-0.39, 0.29) is 37.1 Å². The van der Waals surface area contributed by atoms with Crippen LogP contribution in [0.25, 0.3) is 22.3 Å². The highest BCUT2D eigenvalue weighted by Gasteiger charge is 2.42. The number of amides is 2. The minimum Gasteiger partial charge on any atom is -0.457 e. The Morgan fingerprint density at radius 3 is 1.75 bits per heavy atom. The molecule has 1 aliphatic rings. The highest BCUT2D eigenvalue weighted by Crippen LogP contribution is 2.48. The first-order chi connectivity index (χ1) is 25.0. The van der Waals surface area contributed by atoms with Gasteiger partial charge in [-0.05, 0) is 59.2 Å². The lowest BCUT2D eigenvalue weighted by Crippen LogP contribution is -2.37. The van der Waals surface area contributed by atoms with Gasteiger partial charge < -0.3 is 10.5 Å². The van der Waals surface area contributed by atoms with Gasteiger partial charge in [0.2, 0.25) is 5.91 Å². The fraction of sp³-hybridized carbons (Fsp3) is 0.0732. The molecule has 9 nitrogen and oxygen atoms in total. The van der Waals surface area contributed by atoms with E-state index < -0.39 is 6.89 Å². The lowest BCUT2D eigenvalue weighted by molar-refractivity contribution is -0.137. The second-order valence-electron chi connectivity index (χ2n) is 12.1. The average molecular weight is 689 g/mol. The molecule has 10 heteroatoms. The normalized spacial score (nSPS) is 13.3. The molecule has 0 radical (unpaired) electrons. The molecular weight excluding hydrogens is 655 g/mol. The Kier molecular flexibility index (Phi) is 8.48. The van der Waals surface area contributed by atoms with E-state index in [9.17, 15) is 9.59 Å². The molecule has 2 aromatic heterocycles. The molecule has 7 aromatic rings. The molecule has 1 fully saturated rings. The van der Waals surface area contributed by atoms with Gasteiger partial charge in [0.1, 0.15) is 29.3 Å². The molecule has 2 amide bonds. The SMILES string of the molecule is Nc1ncnc2c1c(-c1ccc(Oc3ccccc3)cc1)nn2CCN1C(=O)CC(=P(c2ccccc2)(c2ccccc2)c2ccccc2)C1=O. The molecule has 0 saturated carbocycles. The number of para-hydroxylation sites is 1. The first-order valence-electron chi connectivity index (χ1n) is 16.6. The van der Waals surface area contributed by atoms with Crippen molar-refractivity contribution in [2.24, 2.45) is 0 Å². The highest BCUT2D eigenvalue weighted by atomic mass is 31.2. The van der Waals surface area contributed by atoms with E-state index in [0.717, 1.165) is 27.2 Å². The first-order valence-corrected chi connectivity index (χ1v) is 18.4. The van der Waals surface area contributed by atoms with E-state index >= 15 is 0 Å². The van der Waals surface area contributed by atoms with Crippen molar-refractivity contribution in [3.8, 4) is 22.8 Å². The Hall–Kier alpha value is -6.31. The summed E-state index contributed by atoms with van der Waals surface area (Å²) in [6.45, 7) is -2.36. The number of ether oxygens (including phenoxy) is 1. The molecule has 51 heavy (non-hydrogen) atoms. The van der Waals surface area contributed by atoms with Crippen LogP contribution in [0.1, 0.15) is 6.42 Å². The van der Waals surface area contributed by atoms with Crippen molar-refractivity contribution < 1.29 is 14.3 Å². The standard InChI is InChI=1S/C41H33N6O3P/c42-39-37-38(29-21-23-31(24-22-29)50-30-13-5-1-6-14-30)45-47(40(37)44-28-43-39)26-25-46-36(48)27-35(41(46)49)51(32-15-7-2-8-16-32,33-17-9-3-10-18-33)34-19-11-4-12-20-34/h1-24,28H,25-27H2,(H2,42,43,44). The van der Waals surface area contributed by atoms with Crippen molar-refractivity contribution >= 4 is 56.8 Å². The van der Waals surface area contributed by atoms with Gasteiger partial charge in [-0.1, -0.05) is 109 Å². The molecule has 1 aliphatic heterocycles. The number of fused-ring (bicyclic) bond motifs is 1. The molecule has 0 bridgehead atoms. The number of likely N-dealkylation sites (tertiary alicyclic amines) is 1. The van der Waals surface area contributed by atoms with E-state index in [4.69, 9.17) is 15.6 Å². The summed E-state index contributed by atoms with van der Waals surface area (Å²) in [5.74, 6) is 1.21. The van der Waals surface area contributed by atoms with Crippen LogP contribution in [0.15, 0.2) is 152 Å². The van der Waals surface area contributed by atoms with E-state index in [1.165, 1.54) is 11.2 Å². The van der Waals surface area contributed by atoms with E-state index in [1.807, 2.05) is 109 Å². The number of benzene rings is 5. The van der Waals surface area contributed by atoms with Crippen LogP contribution >= 0.6 is 6.89 Å². The molecule has 8 rings (SSSR count). The maximum absolute atomic E-state index is 14.6. The van der Waals surface area contributed by atoms with Crippen molar-refractivity contribution in [1.82, 2.24) is 24.6 Å². The quantitative estimate of drug-likeness (QED) is 0.151. The molecule has 0 aliphatic carbocycles. The van der Waals surface area contributed by atoms with Crippen molar-refractivity contribution in [1.29, 1.82) is 0 Å². The van der Waals surface area contributed by atoms with Crippen molar-refractivity contribution in [2.75, 3.05) is 12.3 Å². The van der Waals surface area contributed by atoms with Gasteiger partial charge in [0.25, 0.3) is 5.91 Å². The fourth-order valence-corrected chi connectivity index (χ4v) is 11.3. The van der Waals surface area contributed by atoms with Gasteiger partial charge in [-0.25, -0.2) is 14.6 Å². The summed E-state index contributed by atoms with van der Waals surface area (Å²) in [4.78, 5) is 38.6. The number of hydrogen-bond donors (Lipinski definition) is 1. The Balaban J connectivity index is 1.16. The summed E-state index contributed by atoms with van der Waals surface area (Å²) in [6, 6.07) is 47.4. The smallest absolute Gasteiger partial charge is 0.258 e. The molecule has 1 saturated heterocycles. The molecule has 2 N–H and O–H groups in total. The zero-order valence-electron chi connectivity index (χ0n) is 27.5. The summed E-state index contributed by atoms with van der Waals surface area (Å²) in [6.07, 6.45) is 1.43. The van der Waals surface area contributed by atoms with Gasteiger partial charge >= 0.3 is 0 Å². The number of nitrogens with two attached hydrogens (primary N) is 1. The number of aromatic nitrogens is 4. The van der Waals surface area contributed by atoms with Gasteiger partial charge in [-0.2, -0.15) is 5.10 Å². The average Bonchev–Trinajstić information content (AvgIpc) is 3.70. The van der Waals surface area contributed by atoms with E-state index in [0.29, 0.717) is 27.8 Å². The third-order valence-corrected chi connectivity index (χ3v) is 13.5. The van der Waals surface area contributed by atoms with Crippen LogP contribution in [0.5, 0.6) is 11.5 Å². The van der Waals surface area contributed by atoms with Crippen LogP contribution in [-0.2, 0) is 16.1 Å². The van der Waals surface area contributed by atoms with Crippen LogP contribution in [-0.4, -0.2) is 48.3 Å². The van der Waals surface area contributed by atoms with Crippen molar-refractivity contribution in [3.63, 3.8) is 0 Å². The Bertz CT molecular complexity index is 2310. The number of hydrogen-bond acceptors (Lipinski definition) is 7. The summed E-state index contributed by atoms with van der Waals surface area (Å²) >= 11 is 0. The Labute approximate surface area is 295 Å². The summed E-state index contributed by atoms with van der Waals surface area (Å²) in [5, 5.41) is 9.19. The van der Waals surface area contributed by atoms with E-state index in [2.05, 4.69) is 46.4 Å². The minimum absolute atomic E-state index is 0.0307. The Morgan fingerprint density at radius 1 is 0.647 bits per heavy atom. The molecule has 0 unspecified atom stereocenters. The number of rotatable bonds is 9. The number of anilines is 1. The number of nitrogens with zero attached hydrogens (tertiary/aromatic N) is 5. The Morgan fingerprint density at radius 2 is 1.18 bits per heavy atom. The van der Waals surface area contributed by atoms with Gasteiger partial charge in [0, 0.05) is 17.4 Å². The molecule has 0 atom stereocenters. The number of imide groups is 1. The third-order valence-electron chi connectivity index (χ3n) is 9.15. The van der Waals surface area contributed by atoms with Crippen LogP contribution in [0, 0.1) is 0 Å². The minimum atomic E-state index is -2.70. The second kappa shape index (κ2) is 13.5. The van der Waals surface area contributed by atoms with Crippen LogP contribution in [0.4, 0.5) is 5.82 Å². The van der Waals surface area contributed by atoms with Crippen LogP contribution in [0.2, 0.25) is 0 Å². The summed E-state index contributed by atoms with van der Waals surface area (Å²) in [5.41, 5.74) is 8.30. The maximum Gasteiger partial charge on any atom is 0.258 e. The number of nitrogen functional groups attached to an aromatic ring is 1. The molecule has 250 valence electrons. The fourth-order valence-electron chi connectivity index (χ4n) is 6.83. The van der Waals surface area contributed by atoms with Gasteiger partial charge in [0.05, 0.1) is 18.4 Å². The summed E-state index contributed by atoms with van der Waals surface area (Å²) in [7, 11) is 0. The topological polar surface area (TPSA) is 116 Å². The molecular formula is C41H33N6O3P. The molecule has 3 heterocycles. The van der Waals surface area contributed by atoms with Gasteiger partial charge in [-0.3, -0.25) is 14.5 Å². The lowest BCUT2D eigenvalue weighted by Gasteiger charge is -2.31. The number of carbonyl (C=O) groups excluding carboxylic acids is 2. The zero-order valence-corrected chi connectivity index (χ0v) is 28.4. The largest absolute Gasteiger partial charge is 0.457 e. The number of carbonyl (C=O) groups is 2. The first kappa shape index (κ1) is 31.9. The molecule has 0 spiro atoms. The second-order valence-corrected chi connectivity index (χ2v) is 15.6. The zero-order chi connectivity index (χ0) is 34.8. The van der Waals surface area contributed by atoms with Crippen molar-refractivity contribution in [2.45, 2.75) is 13.0 Å². The molecule has 5 aromatic carbocycles. The van der Waals surface area contributed by atoms with Crippen LogP contribution in [0.3, 0.4) is 0 Å². The summed E-state index contributed by atoms with van der Waals surface area (Å²) < 4.78 is 7.67. The predicted molar refractivity (Wildman–Crippen MR) is 203 cm³/mol. The van der Waals surface area contributed by atoms with Gasteiger partial charge in [0.15, 0.2) is 5.65 Å². The third kappa shape index (κ3) is 5.77. The van der Waals surface area contributed by atoms with Gasteiger partial charge in [-0.15, -0.1) is 0 Å². The monoisotopic (exact) mass is 688 g/mol. The van der Waals surface area contributed by atoms with Crippen molar-refractivity contribution in [3.05, 3.63) is 152 Å². The lowest BCUT2D eigenvalue weighted by atomic mass is 10.1. The highest BCUT2D eigenvalue weighted by molar-refractivity contribution is 7.96. The predicted octanol–water partition coefficient (Wildman–Crippen LogP) is 5.79. The van der Waals surface area contributed by atoms with Crippen LogP contribution < -0.4 is 26.4 Å². The maximum atomic E-state index is 14.6. The van der Waals surface area contributed by atoms with E-state index in [1.54, 1.807) is 4.68 Å².